The molecule has 0 aromatic rings. The number of nitrogens with two attached hydrogens (primary N) is 1. The second-order valence-corrected chi connectivity index (χ2v) is 5.28. The molecule has 1 aliphatic carbocycles. The van der Waals surface area contributed by atoms with Crippen molar-refractivity contribution in [3.05, 3.63) is 0 Å². The number of hydrogen-bond donors (Lipinski definition) is 2. The summed E-state index contributed by atoms with van der Waals surface area (Å²) in [6, 6.07) is 1.33. The van der Waals surface area contributed by atoms with Crippen LogP contribution in [0.5, 0.6) is 0 Å². The van der Waals surface area contributed by atoms with E-state index in [1.165, 1.54) is 64.2 Å². The molecule has 16 heavy (non-hydrogen) atoms. The SMILES string of the molecule is CCCCCCC(CN)NC1CCCCC1. The summed E-state index contributed by atoms with van der Waals surface area (Å²) in [7, 11) is 0. The Morgan fingerprint density at radius 1 is 1.12 bits per heavy atom. The quantitative estimate of drug-likeness (QED) is 0.624. The third-order valence-corrected chi connectivity index (χ3v) is 3.77. The van der Waals surface area contributed by atoms with Crippen molar-refractivity contribution in [1.82, 2.24) is 5.32 Å². The molecule has 0 spiro atoms. The summed E-state index contributed by atoms with van der Waals surface area (Å²) >= 11 is 0. The van der Waals surface area contributed by atoms with Gasteiger partial charge in [-0.05, 0) is 19.3 Å². The van der Waals surface area contributed by atoms with Crippen LogP contribution < -0.4 is 11.1 Å². The molecule has 1 unspecified atom stereocenters. The van der Waals surface area contributed by atoms with Gasteiger partial charge in [-0.3, -0.25) is 0 Å². The minimum absolute atomic E-state index is 0.569. The molecule has 1 aliphatic rings. The molecule has 2 nitrogen and oxygen atoms in total. The Kier molecular flexibility index (Phi) is 7.87. The number of nitrogens with one attached hydrogen (secondary N) is 1. The summed E-state index contributed by atoms with van der Waals surface area (Å²) in [4.78, 5) is 0. The van der Waals surface area contributed by atoms with E-state index in [2.05, 4.69) is 12.2 Å². The van der Waals surface area contributed by atoms with E-state index in [-0.39, 0.29) is 0 Å². The van der Waals surface area contributed by atoms with Gasteiger partial charge in [0.05, 0.1) is 0 Å². The molecule has 0 radical (unpaired) electrons. The van der Waals surface area contributed by atoms with Crippen LogP contribution in [0.25, 0.3) is 0 Å². The fourth-order valence-corrected chi connectivity index (χ4v) is 2.69. The molecule has 0 saturated heterocycles. The molecule has 0 heterocycles. The smallest absolute Gasteiger partial charge is 0.0192 e. The highest BCUT2D eigenvalue weighted by molar-refractivity contribution is 4.77. The molecule has 0 aromatic carbocycles. The second kappa shape index (κ2) is 9.00. The van der Waals surface area contributed by atoms with Gasteiger partial charge in [0.1, 0.15) is 0 Å². The number of rotatable bonds is 8. The minimum atomic E-state index is 0.569. The van der Waals surface area contributed by atoms with Gasteiger partial charge in [0.2, 0.25) is 0 Å². The molecule has 0 bridgehead atoms. The molecule has 1 fully saturated rings. The van der Waals surface area contributed by atoms with Crippen LogP contribution in [0.3, 0.4) is 0 Å². The first-order chi connectivity index (χ1) is 7.86. The van der Waals surface area contributed by atoms with Crippen molar-refractivity contribution in [3.63, 3.8) is 0 Å². The van der Waals surface area contributed by atoms with E-state index in [0.29, 0.717) is 6.04 Å². The maximum Gasteiger partial charge on any atom is 0.0192 e. The van der Waals surface area contributed by atoms with Gasteiger partial charge in [-0.1, -0.05) is 51.9 Å². The molecule has 0 aliphatic heterocycles. The predicted molar refractivity (Wildman–Crippen MR) is 71.6 cm³/mol. The van der Waals surface area contributed by atoms with E-state index in [1.54, 1.807) is 0 Å². The normalized spacial score (nSPS) is 19.9. The molecule has 1 atom stereocenters. The fourth-order valence-electron chi connectivity index (χ4n) is 2.69. The van der Waals surface area contributed by atoms with E-state index in [1.807, 2.05) is 0 Å². The van der Waals surface area contributed by atoms with Crippen molar-refractivity contribution >= 4 is 0 Å². The van der Waals surface area contributed by atoms with Gasteiger partial charge in [0.15, 0.2) is 0 Å². The van der Waals surface area contributed by atoms with Crippen LogP contribution >= 0.6 is 0 Å². The van der Waals surface area contributed by atoms with Crippen molar-refractivity contribution in [2.24, 2.45) is 5.73 Å². The van der Waals surface area contributed by atoms with Gasteiger partial charge in [-0.2, -0.15) is 0 Å². The average molecular weight is 226 g/mol. The van der Waals surface area contributed by atoms with Gasteiger partial charge >= 0.3 is 0 Å². The van der Waals surface area contributed by atoms with Crippen molar-refractivity contribution in [3.8, 4) is 0 Å². The minimum Gasteiger partial charge on any atom is -0.329 e. The van der Waals surface area contributed by atoms with Gasteiger partial charge < -0.3 is 11.1 Å². The Balaban J connectivity index is 2.09. The first-order valence-electron chi connectivity index (χ1n) is 7.33. The van der Waals surface area contributed by atoms with Gasteiger partial charge in [-0.25, -0.2) is 0 Å². The highest BCUT2D eigenvalue weighted by atomic mass is 15.0. The highest BCUT2D eigenvalue weighted by Gasteiger charge is 2.16. The van der Waals surface area contributed by atoms with Crippen molar-refractivity contribution in [1.29, 1.82) is 0 Å². The largest absolute Gasteiger partial charge is 0.329 e. The first-order valence-corrected chi connectivity index (χ1v) is 7.33. The van der Waals surface area contributed by atoms with E-state index in [9.17, 15) is 0 Å². The van der Waals surface area contributed by atoms with Crippen LogP contribution in [0.2, 0.25) is 0 Å². The summed E-state index contributed by atoms with van der Waals surface area (Å²) in [5.41, 5.74) is 5.84. The Morgan fingerprint density at radius 3 is 2.50 bits per heavy atom. The highest BCUT2D eigenvalue weighted by Crippen LogP contribution is 2.18. The van der Waals surface area contributed by atoms with Gasteiger partial charge in [-0.15, -0.1) is 0 Å². The van der Waals surface area contributed by atoms with Gasteiger partial charge in [0, 0.05) is 18.6 Å². The fraction of sp³-hybridized carbons (Fsp3) is 1.00. The van der Waals surface area contributed by atoms with Crippen LogP contribution in [0.15, 0.2) is 0 Å². The molecule has 0 amide bonds. The zero-order chi connectivity index (χ0) is 11.6. The molecule has 0 aromatic heterocycles. The Bertz CT molecular complexity index is 153. The van der Waals surface area contributed by atoms with Crippen LogP contribution in [0, 0.1) is 0 Å². The monoisotopic (exact) mass is 226 g/mol. The van der Waals surface area contributed by atoms with Crippen LogP contribution in [0.1, 0.15) is 71.1 Å². The maximum absolute atomic E-state index is 5.84. The Labute approximate surface area is 101 Å². The summed E-state index contributed by atoms with van der Waals surface area (Å²) in [5, 5.41) is 3.76. The van der Waals surface area contributed by atoms with Crippen molar-refractivity contribution in [2.75, 3.05) is 6.54 Å². The zero-order valence-corrected chi connectivity index (χ0v) is 11.0. The Hall–Kier alpha value is -0.0800. The average Bonchev–Trinajstić information content (AvgIpc) is 2.34. The predicted octanol–water partition coefficient (Wildman–Crippen LogP) is 3.21. The molecule has 1 rings (SSSR count). The number of unbranched alkanes of at least 4 members (excludes halogenated alkanes) is 3. The lowest BCUT2D eigenvalue weighted by Crippen LogP contribution is -2.43. The van der Waals surface area contributed by atoms with Crippen LogP contribution in [0.4, 0.5) is 0 Å². The molecule has 2 heteroatoms. The summed E-state index contributed by atoms with van der Waals surface area (Å²) < 4.78 is 0. The lowest BCUT2D eigenvalue weighted by Gasteiger charge is -2.28. The topological polar surface area (TPSA) is 38.0 Å². The molecule has 3 N–H and O–H groups in total. The maximum atomic E-state index is 5.84. The third kappa shape index (κ3) is 5.86. The second-order valence-electron chi connectivity index (χ2n) is 5.28. The van der Waals surface area contributed by atoms with Crippen molar-refractivity contribution in [2.45, 2.75) is 83.2 Å². The number of hydrogen-bond acceptors (Lipinski definition) is 2. The molecular weight excluding hydrogens is 196 g/mol. The van der Waals surface area contributed by atoms with Gasteiger partial charge in [0.25, 0.3) is 0 Å². The summed E-state index contributed by atoms with van der Waals surface area (Å²) in [5.74, 6) is 0. The van der Waals surface area contributed by atoms with Crippen LogP contribution in [-0.4, -0.2) is 18.6 Å². The van der Waals surface area contributed by atoms with E-state index in [4.69, 9.17) is 5.73 Å². The van der Waals surface area contributed by atoms with E-state index >= 15 is 0 Å². The standard InChI is InChI=1S/C14H30N2/c1-2-3-4-6-11-14(12-15)16-13-9-7-5-8-10-13/h13-14,16H,2-12,15H2,1H3. The summed E-state index contributed by atoms with van der Waals surface area (Å²) in [6.07, 6.45) is 13.7. The van der Waals surface area contributed by atoms with E-state index in [0.717, 1.165) is 12.6 Å². The lowest BCUT2D eigenvalue weighted by atomic mass is 9.94. The van der Waals surface area contributed by atoms with Crippen molar-refractivity contribution < 1.29 is 0 Å². The zero-order valence-electron chi connectivity index (χ0n) is 11.0. The summed E-state index contributed by atoms with van der Waals surface area (Å²) in [6.45, 7) is 3.07. The Morgan fingerprint density at radius 2 is 1.88 bits per heavy atom. The third-order valence-electron chi connectivity index (χ3n) is 3.77. The molecule has 96 valence electrons. The van der Waals surface area contributed by atoms with Crippen LogP contribution in [-0.2, 0) is 0 Å². The first kappa shape index (κ1) is 14.0. The molecule has 1 saturated carbocycles. The van der Waals surface area contributed by atoms with E-state index < -0.39 is 0 Å². The lowest BCUT2D eigenvalue weighted by molar-refractivity contribution is 0.325. The molecular formula is C14H30N2.